The average Bonchev–Trinajstić information content (AvgIpc) is 2.96. The fourth-order valence-corrected chi connectivity index (χ4v) is 2.24. The third kappa shape index (κ3) is 2.92. The number of nitrogens with one attached hydrogen (secondary N) is 1. The van der Waals surface area contributed by atoms with E-state index in [4.69, 9.17) is 14.2 Å². The summed E-state index contributed by atoms with van der Waals surface area (Å²) < 4.78 is 29.5. The molecule has 2 aromatic rings. The van der Waals surface area contributed by atoms with Gasteiger partial charge in [0.2, 0.25) is 6.79 Å². The molecule has 1 heterocycles. The first kappa shape index (κ1) is 13.7. The molecule has 0 spiro atoms. The molecule has 2 aromatic carbocycles. The van der Waals surface area contributed by atoms with Crippen LogP contribution >= 0.6 is 0 Å². The molecular weight excluding hydrogens is 273 g/mol. The summed E-state index contributed by atoms with van der Waals surface area (Å²) in [6, 6.07) is 10.9. The van der Waals surface area contributed by atoms with Crippen molar-refractivity contribution >= 4 is 0 Å². The Bertz CT molecular complexity index is 645. The Balaban J connectivity index is 1.61. The number of halogens is 1. The summed E-state index contributed by atoms with van der Waals surface area (Å²) in [5.74, 6) is 1.45. The predicted octanol–water partition coefficient (Wildman–Crippen LogP) is 2.85. The fraction of sp³-hybridized carbons (Fsp3) is 0.250. The zero-order valence-electron chi connectivity index (χ0n) is 11.7. The van der Waals surface area contributed by atoms with Gasteiger partial charge in [-0.15, -0.1) is 0 Å². The maximum Gasteiger partial charge on any atom is 0.231 e. The summed E-state index contributed by atoms with van der Waals surface area (Å²) in [6.45, 7) is 1.31. The van der Waals surface area contributed by atoms with Gasteiger partial charge >= 0.3 is 0 Å². The van der Waals surface area contributed by atoms with Crippen molar-refractivity contribution in [1.29, 1.82) is 0 Å². The molecule has 0 saturated heterocycles. The molecule has 5 heteroatoms. The third-order valence-electron chi connectivity index (χ3n) is 3.34. The van der Waals surface area contributed by atoms with Crippen LogP contribution in [0.2, 0.25) is 0 Å². The van der Waals surface area contributed by atoms with Gasteiger partial charge < -0.3 is 19.5 Å². The largest absolute Gasteiger partial charge is 0.494 e. The third-order valence-corrected chi connectivity index (χ3v) is 3.34. The van der Waals surface area contributed by atoms with Crippen LogP contribution < -0.4 is 19.5 Å². The van der Waals surface area contributed by atoms with Crippen molar-refractivity contribution in [3.05, 3.63) is 53.3 Å². The Morgan fingerprint density at radius 2 is 2.00 bits per heavy atom. The van der Waals surface area contributed by atoms with Gasteiger partial charge in [-0.05, 0) is 23.8 Å². The molecule has 0 saturated carbocycles. The molecule has 3 rings (SSSR count). The van der Waals surface area contributed by atoms with Gasteiger partial charge in [0.25, 0.3) is 0 Å². The van der Waals surface area contributed by atoms with Gasteiger partial charge in [0.05, 0.1) is 7.11 Å². The van der Waals surface area contributed by atoms with Crippen LogP contribution in [0, 0.1) is 5.82 Å². The topological polar surface area (TPSA) is 39.7 Å². The van der Waals surface area contributed by atoms with Crippen molar-refractivity contribution in [1.82, 2.24) is 5.32 Å². The molecule has 110 valence electrons. The van der Waals surface area contributed by atoms with Crippen LogP contribution in [0.25, 0.3) is 0 Å². The van der Waals surface area contributed by atoms with E-state index in [1.54, 1.807) is 18.2 Å². The van der Waals surface area contributed by atoms with Crippen LogP contribution in [0.4, 0.5) is 4.39 Å². The summed E-state index contributed by atoms with van der Waals surface area (Å²) >= 11 is 0. The second-order valence-electron chi connectivity index (χ2n) is 4.72. The van der Waals surface area contributed by atoms with Crippen LogP contribution in [0.5, 0.6) is 17.2 Å². The number of ether oxygens (including phenoxy) is 3. The Morgan fingerprint density at radius 3 is 2.86 bits per heavy atom. The van der Waals surface area contributed by atoms with Crippen molar-refractivity contribution < 1.29 is 18.6 Å². The van der Waals surface area contributed by atoms with E-state index in [1.807, 2.05) is 18.2 Å². The quantitative estimate of drug-likeness (QED) is 0.919. The number of hydrogen-bond acceptors (Lipinski definition) is 4. The first-order valence-corrected chi connectivity index (χ1v) is 6.68. The molecule has 4 nitrogen and oxygen atoms in total. The van der Waals surface area contributed by atoms with Gasteiger partial charge in [-0.25, -0.2) is 4.39 Å². The maximum atomic E-state index is 14.0. The van der Waals surface area contributed by atoms with Crippen molar-refractivity contribution in [3.8, 4) is 17.2 Å². The maximum absolute atomic E-state index is 14.0. The number of hydrogen-bond donors (Lipinski definition) is 1. The van der Waals surface area contributed by atoms with Crippen LogP contribution in [-0.2, 0) is 13.1 Å². The number of benzene rings is 2. The van der Waals surface area contributed by atoms with E-state index < -0.39 is 0 Å². The minimum Gasteiger partial charge on any atom is -0.494 e. The minimum atomic E-state index is -0.321. The molecule has 0 bridgehead atoms. The lowest BCUT2D eigenvalue weighted by molar-refractivity contribution is 0.174. The molecule has 0 aliphatic carbocycles. The van der Waals surface area contributed by atoms with Crippen molar-refractivity contribution in [2.24, 2.45) is 0 Å². The highest BCUT2D eigenvalue weighted by atomic mass is 19.1. The molecule has 0 fully saturated rings. The summed E-state index contributed by atoms with van der Waals surface area (Å²) in [6.07, 6.45) is 0. The Hall–Kier alpha value is -2.27. The Labute approximate surface area is 122 Å². The smallest absolute Gasteiger partial charge is 0.231 e. The normalized spacial score (nSPS) is 12.5. The minimum absolute atomic E-state index is 0.261. The highest BCUT2D eigenvalue weighted by molar-refractivity contribution is 5.44. The summed E-state index contributed by atoms with van der Waals surface area (Å²) in [7, 11) is 1.46. The SMILES string of the molecule is COc1cccc(CNCc2ccc3c(c2)OCO3)c1F. The highest BCUT2D eigenvalue weighted by Crippen LogP contribution is 2.32. The van der Waals surface area contributed by atoms with Crippen molar-refractivity contribution in [2.45, 2.75) is 13.1 Å². The average molecular weight is 289 g/mol. The van der Waals surface area contributed by atoms with Gasteiger partial charge in [0.1, 0.15) is 0 Å². The standard InChI is InChI=1S/C16H16FNO3/c1-19-14-4-2-3-12(16(14)17)9-18-8-11-5-6-13-15(7-11)21-10-20-13/h2-7,18H,8-10H2,1H3. The van der Waals surface area contributed by atoms with E-state index in [9.17, 15) is 4.39 Å². The molecule has 1 N–H and O–H groups in total. The number of rotatable bonds is 5. The molecule has 0 aromatic heterocycles. The molecule has 1 aliphatic heterocycles. The molecule has 0 amide bonds. The molecule has 1 aliphatic rings. The first-order valence-electron chi connectivity index (χ1n) is 6.68. The lowest BCUT2D eigenvalue weighted by atomic mass is 10.1. The predicted molar refractivity (Wildman–Crippen MR) is 76.1 cm³/mol. The first-order chi connectivity index (χ1) is 10.3. The van der Waals surface area contributed by atoms with Gasteiger partial charge in [-0.3, -0.25) is 0 Å². The van der Waals surface area contributed by atoms with E-state index in [0.717, 1.165) is 17.1 Å². The van der Waals surface area contributed by atoms with E-state index in [-0.39, 0.29) is 18.4 Å². The van der Waals surface area contributed by atoms with Gasteiger partial charge in [-0.1, -0.05) is 18.2 Å². The zero-order chi connectivity index (χ0) is 14.7. The molecule has 21 heavy (non-hydrogen) atoms. The van der Waals surface area contributed by atoms with E-state index in [1.165, 1.54) is 7.11 Å². The lowest BCUT2D eigenvalue weighted by Crippen LogP contribution is -2.14. The van der Waals surface area contributed by atoms with Gasteiger partial charge in [0.15, 0.2) is 23.1 Å². The molecule has 0 radical (unpaired) electrons. The van der Waals surface area contributed by atoms with Gasteiger partial charge in [-0.2, -0.15) is 0 Å². The van der Waals surface area contributed by atoms with E-state index in [2.05, 4.69) is 5.32 Å². The van der Waals surface area contributed by atoms with Crippen LogP contribution in [0.3, 0.4) is 0 Å². The van der Waals surface area contributed by atoms with Crippen LogP contribution in [0.15, 0.2) is 36.4 Å². The number of fused-ring (bicyclic) bond motifs is 1. The fourth-order valence-electron chi connectivity index (χ4n) is 2.24. The summed E-state index contributed by atoms with van der Waals surface area (Å²) in [5, 5.41) is 3.21. The van der Waals surface area contributed by atoms with Crippen LogP contribution in [0.1, 0.15) is 11.1 Å². The summed E-state index contributed by atoms with van der Waals surface area (Å²) in [4.78, 5) is 0. The zero-order valence-corrected chi connectivity index (χ0v) is 11.7. The lowest BCUT2D eigenvalue weighted by Gasteiger charge is -2.09. The highest BCUT2D eigenvalue weighted by Gasteiger charge is 2.13. The Morgan fingerprint density at radius 1 is 1.14 bits per heavy atom. The summed E-state index contributed by atoms with van der Waals surface area (Å²) in [5.41, 5.74) is 1.64. The monoisotopic (exact) mass is 289 g/mol. The second-order valence-corrected chi connectivity index (χ2v) is 4.72. The van der Waals surface area contributed by atoms with Crippen LogP contribution in [-0.4, -0.2) is 13.9 Å². The molecule has 0 atom stereocenters. The van der Waals surface area contributed by atoms with Crippen molar-refractivity contribution in [2.75, 3.05) is 13.9 Å². The van der Waals surface area contributed by atoms with Crippen molar-refractivity contribution in [3.63, 3.8) is 0 Å². The van der Waals surface area contributed by atoms with E-state index >= 15 is 0 Å². The van der Waals surface area contributed by atoms with E-state index in [0.29, 0.717) is 18.7 Å². The Kier molecular flexibility index (Phi) is 3.92. The number of methoxy groups -OCH3 is 1. The second kappa shape index (κ2) is 6.01. The molecular formula is C16H16FNO3. The van der Waals surface area contributed by atoms with Gasteiger partial charge in [0, 0.05) is 18.7 Å². The molecule has 0 unspecified atom stereocenters.